The highest BCUT2D eigenvalue weighted by Gasteiger charge is 2.15. The third kappa shape index (κ3) is 6.02. The molecule has 1 aromatic heterocycles. The molecule has 1 heterocycles. The van der Waals surface area contributed by atoms with E-state index < -0.39 is 0 Å². The molecule has 0 fully saturated rings. The number of hydrogen-bond acceptors (Lipinski definition) is 2. The Morgan fingerprint density at radius 3 is 2.84 bits per heavy atom. The van der Waals surface area contributed by atoms with Crippen LogP contribution in [0.3, 0.4) is 0 Å². The molecule has 0 aliphatic carbocycles. The minimum Gasteiger partial charge on any atom is -0.385 e. The van der Waals surface area contributed by atoms with Gasteiger partial charge in [-0.15, -0.1) is 0 Å². The monoisotopic (exact) mass is 346 g/mol. The van der Waals surface area contributed by atoms with Crippen molar-refractivity contribution in [1.82, 2.24) is 9.47 Å². The second-order valence-corrected chi connectivity index (χ2v) is 6.17. The largest absolute Gasteiger partial charge is 0.385 e. The van der Waals surface area contributed by atoms with Crippen molar-refractivity contribution in [1.29, 1.82) is 0 Å². The predicted molar refractivity (Wildman–Crippen MR) is 96.8 cm³/mol. The topological polar surface area (TPSA) is 34.5 Å². The van der Waals surface area contributed by atoms with Crippen LogP contribution in [0, 0.1) is 5.82 Å². The number of ether oxygens (including phenoxy) is 1. The molecule has 1 aromatic carbocycles. The number of benzene rings is 1. The SMILES string of the molecule is CCCC(=O)N(CCCOC)Cc1cccn1Cc1cccc(F)c1. The van der Waals surface area contributed by atoms with Crippen LogP contribution in [-0.2, 0) is 22.6 Å². The lowest BCUT2D eigenvalue weighted by atomic mass is 10.2. The first-order valence-electron chi connectivity index (χ1n) is 8.79. The van der Waals surface area contributed by atoms with Gasteiger partial charge in [0.15, 0.2) is 0 Å². The zero-order valence-corrected chi connectivity index (χ0v) is 15.1. The van der Waals surface area contributed by atoms with E-state index >= 15 is 0 Å². The molecule has 0 bridgehead atoms. The van der Waals surface area contributed by atoms with Crippen molar-refractivity contribution >= 4 is 5.91 Å². The standard InChI is InChI=1S/C20H27FN2O2/c1-3-7-20(24)23(12-6-13-25-2)16-19-10-5-11-22(19)15-17-8-4-9-18(21)14-17/h4-5,8-11,14H,3,6-7,12-13,15-16H2,1-2H3. The van der Waals surface area contributed by atoms with Crippen LogP contribution in [0.5, 0.6) is 0 Å². The van der Waals surface area contributed by atoms with Gasteiger partial charge in [-0.25, -0.2) is 4.39 Å². The first kappa shape index (κ1) is 19.2. The lowest BCUT2D eigenvalue weighted by molar-refractivity contribution is -0.132. The van der Waals surface area contributed by atoms with Gasteiger partial charge in [0.2, 0.25) is 5.91 Å². The van der Waals surface area contributed by atoms with Crippen molar-refractivity contribution in [3.63, 3.8) is 0 Å². The number of carbonyl (C=O) groups is 1. The maximum atomic E-state index is 13.4. The highest BCUT2D eigenvalue weighted by molar-refractivity contribution is 5.76. The number of amides is 1. The van der Waals surface area contributed by atoms with Gasteiger partial charge in [0.1, 0.15) is 5.82 Å². The fourth-order valence-electron chi connectivity index (χ4n) is 2.84. The van der Waals surface area contributed by atoms with Gasteiger partial charge in [-0.1, -0.05) is 19.1 Å². The van der Waals surface area contributed by atoms with Crippen molar-refractivity contribution in [3.8, 4) is 0 Å². The Bertz CT molecular complexity index is 669. The highest BCUT2D eigenvalue weighted by atomic mass is 19.1. The second kappa shape index (κ2) is 9.99. The van der Waals surface area contributed by atoms with E-state index in [9.17, 15) is 9.18 Å². The molecule has 4 nitrogen and oxygen atoms in total. The molecule has 0 atom stereocenters. The summed E-state index contributed by atoms with van der Waals surface area (Å²) < 4.78 is 20.6. The Balaban J connectivity index is 2.08. The number of methoxy groups -OCH3 is 1. The molecule has 25 heavy (non-hydrogen) atoms. The van der Waals surface area contributed by atoms with Gasteiger partial charge in [-0.2, -0.15) is 0 Å². The van der Waals surface area contributed by atoms with Gasteiger partial charge in [-0.3, -0.25) is 4.79 Å². The number of aromatic nitrogens is 1. The smallest absolute Gasteiger partial charge is 0.222 e. The first-order chi connectivity index (χ1) is 12.1. The van der Waals surface area contributed by atoms with Crippen LogP contribution >= 0.6 is 0 Å². The van der Waals surface area contributed by atoms with E-state index in [4.69, 9.17) is 4.74 Å². The lowest BCUT2D eigenvalue weighted by Crippen LogP contribution is -2.32. The summed E-state index contributed by atoms with van der Waals surface area (Å²) in [4.78, 5) is 14.3. The molecule has 0 saturated heterocycles. The van der Waals surface area contributed by atoms with Crippen LogP contribution in [0.1, 0.15) is 37.4 Å². The van der Waals surface area contributed by atoms with Crippen molar-refractivity contribution in [2.45, 2.75) is 39.3 Å². The number of carbonyl (C=O) groups excluding carboxylic acids is 1. The fourth-order valence-corrected chi connectivity index (χ4v) is 2.84. The van der Waals surface area contributed by atoms with Crippen LogP contribution in [0.25, 0.3) is 0 Å². The number of halogens is 1. The van der Waals surface area contributed by atoms with E-state index in [1.165, 1.54) is 6.07 Å². The van der Waals surface area contributed by atoms with Crippen LogP contribution in [0.15, 0.2) is 42.6 Å². The molecule has 0 radical (unpaired) electrons. The van der Waals surface area contributed by atoms with Crippen LogP contribution in [-0.4, -0.2) is 35.6 Å². The maximum Gasteiger partial charge on any atom is 0.222 e. The van der Waals surface area contributed by atoms with Crippen LogP contribution in [0.4, 0.5) is 4.39 Å². The normalized spacial score (nSPS) is 10.8. The summed E-state index contributed by atoms with van der Waals surface area (Å²) in [6, 6.07) is 10.6. The molecule has 1 amide bonds. The Morgan fingerprint density at radius 2 is 2.12 bits per heavy atom. The number of rotatable bonds is 10. The summed E-state index contributed by atoms with van der Waals surface area (Å²) in [5, 5.41) is 0. The average molecular weight is 346 g/mol. The molecule has 2 aromatic rings. The summed E-state index contributed by atoms with van der Waals surface area (Å²) >= 11 is 0. The minimum absolute atomic E-state index is 0.164. The van der Waals surface area contributed by atoms with Crippen LogP contribution in [0.2, 0.25) is 0 Å². The summed E-state index contributed by atoms with van der Waals surface area (Å²) in [5.41, 5.74) is 1.95. The molecule has 2 rings (SSSR count). The molecule has 136 valence electrons. The van der Waals surface area contributed by atoms with E-state index in [1.54, 1.807) is 19.2 Å². The van der Waals surface area contributed by atoms with Crippen molar-refractivity contribution in [3.05, 3.63) is 59.7 Å². The zero-order valence-electron chi connectivity index (χ0n) is 15.1. The minimum atomic E-state index is -0.231. The third-order valence-electron chi connectivity index (χ3n) is 4.11. The Morgan fingerprint density at radius 1 is 1.28 bits per heavy atom. The maximum absolute atomic E-state index is 13.4. The van der Waals surface area contributed by atoms with E-state index in [2.05, 4.69) is 4.57 Å². The van der Waals surface area contributed by atoms with Gasteiger partial charge in [0.05, 0.1) is 6.54 Å². The molecule has 5 heteroatoms. The molecule has 0 saturated carbocycles. The molecular weight excluding hydrogens is 319 g/mol. The number of nitrogens with zero attached hydrogens (tertiary/aromatic N) is 2. The Kier molecular flexibility index (Phi) is 7.67. The Labute approximate surface area is 149 Å². The first-order valence-corrected chi connectivity index (χ1v) is 8.79. The van der Waals surface area contributed by atoms with Crippen molar-refractivity contribution in [2.75, 3.05) is 20.3 Å². The van der Waals surface area contributed by atoms with E-state index in [-0.39, 0.29) is 11.7 Å². The van der Waals surface area contributed by atoms with E-state index in [0.717, 1.165) is 24.1 Å². The molecule has 0 spiro atoms. The van der Waals surface area contributed by atoms with Gasteiger partial charge >= 0.3 is 0 Å². The van der Waals surface area contributed by atoms with Gasteiger partial charge in [0.25, 0.3) is 0 Å². The van der Waals surface area contributed by atoms with Gasteiger partial charge < -0.3 is 14.2 Å². The lowest BCUT2D eigenvalue weighted by Gasteiger charge is -2.23. The average Bonchev–Trinajstić information content (AvgIpc) is 3.01. The zero-order chi connectivity index (χ0) is 18.1. The predicted octanol–water partition coefficient (Wildman–Crippen LogP) is 3.84. The molecule has 0 aliphatic heterocycles. The fraction of sp³-hybridized carbons (Fsp3) is 0.450. The second-order valence-electron chi connectivity index (χ2n) is 6.17. The van der Waals surface area contributed by atoms with E-state index in [1.807, 2.05) is 36.2 Å². The Hall–Kier alpha value is -2.14. The van der Waals surface area contributed by atoms with E-state index in [0.29, 0.717) is 32.7 Å². The summed E-state index contributed by atoms with van der Waals surface area (Å²) in [6.45, 7) is 4.48. The molecule has 0 unspecified atom stereocenters. The van der Waals surface area contributed by atoms with Crippen LogP contribution < -0.4 is 0 Å². The van der Waals surface area contributed by atoms with Crippen molar-refractivity contribution < 1.29 is 13.9 Å². The molecule has 0 aliphatic rings. The highest BCUT2D eigenvalue weighted by Crippen LogP contribution is 2.13. The molecule has 0 N–H and O–H groups in total. The van der Waals surface area contributed by atoms with Gasteiger partial charge in [-0.05, 0) is 42.7 Å². The molecular formula is C20H27FN2O2. The quantitative estimate of drug-likeness (QED) is 0.613. The van der Waals surface area contributed by atoms with Crippen molar-refractivity contribution in [2.24, 2.45) is 0 Å². The summed E-state index contributed by atoms with van der Waals surface area (Å²) in [6.07, 6.45) is 4.18. The summed E-state index contributed by atoms with van der Waals surface area (Å²) in [5.74, 6) is -0.0670. The van der Waals surface area contributed by atoms with Gasteiger partial charge in [0, 0.05) is 45.1 Å². The number of hydrogen-bond donors (Lipinski definition) is 0. The third-order valence-corrected chi connectivity index (χ3v) is 4.11. The summed E-state index contributed by atoms with van der Waals surface area (Å²) in [7, 11) is 1.67.